The molecule has 0 aliphatic rings. The van der Waals surface area contributed by atoms with Crippen molar-refractivity contribution in [3.05, 3.63) is 50.1 Å². The quantitative estimate of drug-likeness (QED) is 0.625. The Balaban J connectivity index is 2.35. The molecule has 1 aromatic carbocycles. The highest BCUT2D eigenvalue weighted by Gasteiger charge is 2.31. The SMILES string of the molecule is NNC(c1cccc(OC(F)(F)F)c1)c1cc(Cl)sc1Cl. The van der Waals surface area contributed by atoms with E-state index in [1.54, 1.807) is 12.1 Å². The Morgan fingerprint density at radius 2 is 1.95 bits per heavy atom. The fraction of sp³-hybridized carbons (Fsp3) is 0.167. The van der Waals surface area contributed by atoms with Gasteiger partial charge in [-0.05, 0) is 23.8 Å². The molecule has 0 spiro atoms. The second kappa shape index (κ2) is 6.41. The summed E-state index contributed by atoms with van der Waals surface area (Å²) in [4.78, 5) is 0. The molecular formula is C12H9Cl2F3N2OS. The van der Waals surface area contributed by atoms with Crippen molar-refractivity contribution in [2.75, 3.05) is 0 Å². The van der Waals surface area contributed by atoms with Gasteiger partial charge in [0.15, 0.2) is 0 Å². The van der Waals surface area contributed by atoms with Crippen molar-refractivity contribution in [3.8, 4) is 5.75 Å². The second-order valence-corrected chi connectivity index (χ2v) is 6.29. The Labute approximate surface area is 132 Å². The summed E-state index contributed by atoms with van der Waals surface area (Å²) in [6, 6.07) is 6.49. The Morgan fingerprint density at radius 3 is 2.48 bits per heavy atom. The molecule has 9 heteroatoms. The normalized spacial score (nSPS) is 13.2. The lowest BCUT2D eigenvalue weighted by atomic mass is 10.0. The molecule has 0 aliphatic heterocycles. The lowest BCUT2D eigenvalue weighted by Gasteiger charge is -2.17. The summed E-state index contributed by atoms with van der Waals surface area (Å²) in [5, 5.41) is 0. The van der Waals surface area contributed by atoms with Gasteiger partial charge in [-0.3, -0.25) is 5.84 Å². The van der Waals surface area contributed by atoms with Gasteiger partial charge < -0.3 is 4.74 Å². The van der Waals surface area contributed by atoms with E-state index in [2.05, 4.69) is 10.2 Å². The molecule has 1 aromatic heterocycles. The monoisotopic (exact) mass is 356 g/mol. The zero-order valence-corrected chi connectivity index (χ0v) is 12.6. The summed E-state index contributed by atoms with van der Waals surface area (Å²) < 4.78 is 41.5. The third kappa shape index (κ3) is 4.24. The molecule has 114 valence electrons. The number of hydrogen-bond donors (Lipinski definition) is 2. The van der Waals surface area contributed by atoms with Gasteiger partial charge in [0.25, 0.3) is 0 Å². The number of benzene rings is 1. The van der Waals surface area contributed by atoms with Crippen LogP contribution in [0.3, 0.4) is 0 Å². The maximum Gasteiger partial charge on any atom is 0.573 e. The van der Waals surface area contributed by atoms with Gasteiger partial charge in [-0.15, -0.1) is 24.5 Å². The van der Waals surface area contributed by atoms with E-state index in [9.17, 15) is 13.2 Å². The van der Waals surface area contributed by atoms with Crippen LogP contribution in [0.15, 0.2) is 30.3 Å². The first-order valence-corrected chi connectivity index (χ1v) is 7.14. The van der Waals surface area contributed by atoms with Gasteiger partial charge >= 0.3 is 6.36 Å². The first kappa shape index (κ1) is 16.4. The molecule has 2 aromatic rings. The summed E-state index contributed by atoms with van der Waals surface area (Å²) in [5.74, 6) is 5.15. The van der Waals surface area contributed by atoms with E-state index in [1.807, 2.05) is 0 Å². The van der Waals surface area contributed by atoms with Crippen LogP contribution in [0.25, 0.3) is 0 Å². The van der Waals surface area contributed by atoms with Crippen LogP contribution in [0.4, 0.5) is 13.2 Å². The highest BCUT2D eigenvalue weighted by Crippen LogP contribution is 2.38. The lowest BCUT2D eigenvalue weighted by Crippen LogP contribution is -2.28. The first-order valence-electron chi connectivity index (χ1n) is 5.56. The number of ether oxygens (including phenoxy) is 1. The van der Waals surface area contributed by atoms with Crippen molar-refractivity contribution >= 4 is 34.5 Å². The minimum Gasteiger partial charge on any atom is -0.406 e. The third-order valence-corrected chi connectivity index (χ3v) is 4.10. The van der Waals surface area contributed by atoms with Crippen LogP contribution in [-0.2, 0) is 0 Å². The fourth-order valence-corrected chi connectivity index (χ4v) is 3.34. The van der Waals surface area contributed by atoms with Crippen LogP contribution >= 0.6 is 34.5 Å². The van der Waals surface area contributed by atoms with Crippen molar-refractivity contribution in [1.29, 1.82) is 0 Å². The Hall–Kier alpha value is -0.990. The van der Waals surface area contributed by atoms with E-state index in [1.165, 1.54) is 18.2 Å². The minimum atomic E-state index is -4.76. The predicted octanol–water partition coefficient (Wildman–Crippen LogP) is 4.51. The molecule has 1 unspecified atom stereocenters. The Bertz CT molecular complexity index is 633. The number of hydrogen-bond acceptors (Lipinski definition) is 4. The summed E-state index contributed by atoms with van der Waals surface area (Å²) in [6.45, 7) is 0. The largest absolute Gasteiger partial charge is 0.573 e. The van der Waals surface area contributed by atoms with Gasteiger partial charge in [0.2, 0.25) is 0 Å². The van der Waals surface area contributed by atoms with Gasteiger partial charge in [0.1, 0.15) is 5.75 Å². The maximum atomic E-state index is 12.2. The zero-order chi connectivity index (χ0) is 15.6. The number of alkyl halides is 3. The molecule has 0 amide bonds. The summed E-state index contributed by atoms with van der Waals surface area (Å²) in [7, 11) is 0. The van der Waals surface area contributed by atoms with Crippen molar-refractivity contribution in [2.45, 2.75) is 12.4 Å². The maximum absolute atomic E-state index is 12.2. The molecule has 1 heterocycles. The molecule has 3 nitrogen and oxygen atoms in total. The summed E-state index contributed by atoms with van der Waals surface area (Å²) in [6.07, 6.45) is -4.76. The van der Waals surface area contributed by atoms with Gasteiger partial charge in [-0.1, -0.05) is 35.3 Å². The van der Waals surface area contributed by atoms with Crippen molar-refractivity contribution in [1.82, 2.24) is 5.43 Å². The number of hydrazine groups is 1. The second-order valence-electron chi connectivity index (χ2n) is 4.00. The van der Waals surface area contributed by atoms with Crippen LogP contribution in [0.1, 0.15) is 17.2 Å². The number of nitrogens with two attached hydrogens (primary N) is 1. The van der Waals surface area contributed by atoms with Crippen LogP contribution in [0.5, 0.6) is 5.75 Å². The molecule has 0 saturated heterocycles. The molecule has 21 heavy (non-hydrogen) atoms. The van der Waals surface area contributed by atoms with E-state index in [0.717, 1.165) is 11.3 Å². The minimum absolute atomic E-state index is 0.335. The predicted molar refractivity (Wildman–Crippen MR) is 76.6 cm³/mol. The molecule has 0 aliphatic carbocycles. The molecule has 0 fully saturated rings. The first-order chi connectivity index (χ1) is 9.80. The van der Waals surface area contributed by atoms with Crippen molar-refractivity contribution in [3.63, 3.8) is 0 Å². The Kier molecular flexibility index (Phi) is 5.00. The Morgan fingerprint density at radius 1 is 1.24 bits per heavy atom. The van der Waals surface area contributed by atoms with Crippen molar-refractivity contribution < 1.29 is 17.9 Å². The number of thiophene rings is 1. The van der Waals surface area contributed by atoms with Crippen LogP contribution in [-0.4, -0.2) is 6.36 Å². The smallest absolute Gasteiger partial charge is 0.406 e. The fourth-order valence-electron chi connectivity index (χ4n) is 1.81. The molecule has 0 saturated carbocycles. The average molecular weight is 357 g/mol. The van der Waals surface area contributed by atoms with Gasteiger partial charge in [-0.25, -0.2) is 5.43 Å². The zero-order valence-electron chi connectivity index (χ0n) is 10.2. The summed E-state index contributed by atoms with van der Waals surface area (Å²) in [5.41, 5.74) is 3.56. The molecule has 1 atom stereocenters. The topological polar surface area (TPSA) is 47.3 Å². The highest BCUT2D eigenvalue weighted by atomic mass is 35.5. The van der Waals surface area contributed by atoms with Crippen LogP contribution < -0.4 is 16.0 Å². The average Bonchev–Trinajstić information content (AvgIpc) is 2.68. The number of halogens is 5. The van der Waals surface area contributed by atoms with Crippen LogP contribution in [0, 0.1) is 0 Å². The summed E-state index contributed by atoms with van der Waals surface area (Å²) >= 11 is 13.1. The van der Waals surface area contributed by atoms with Crippen molar-refractivity contribution in [2.24, 2.45) is 5.84 Å². The van der Waals surface area contributed by atoms with Gasteiger partial charge in [0.05, 0.1) is 14.7 Å². The number of rotatable bonds is 4. The number of nitrogens with one attached hydrogen (secondary N) is 1. The van der Waals surface area contributed by atoms with E-state index in [-0.39, 0.29) is 5.75 Å². The molecular weight excluding hydrogens is 348 g/mol. The molecule has 0 radical (unpaired) electrons. The van der Waals surface area contributed by atoms with Gasteiger partial charge in [0, 0.05) is 5.56 Å². The van der Waals surface area contributed by atoms with E-state index in [4.69, 9.17) is 29.0 Å². The lowest BCUT2D eigenvalue weighted by molar-refractivity contribution is -0.274. The van der Waals surface area contributed by atoms with Gasteiger partial charge in [-0.2, -0.15) is 0 Å². The molecule has 2 rings (SSSR count). The highest BCUT2D eigenvalue weighted by molar-refractivity contribution is 7.20. The third-order valence-electron chi connectivity index (χ3n) is 2.59. The van der Waals surface area contributed by atoms with E-state index >= 15 is 0 Å². The molecule has 0 bridgehead atoms. The standard InChI is InChI=1S/C12H9Cl2F3N2OS/c13-9-5-8(11(14)21-9)10(19-18)6-2-1-3-7(4-6)20-12(15,16)17/h1-5,10,19H,18H2. The van der Waals surface area contributed by atoms with E-state index < -0.39 is 12.4 Å². The molecule has 3 N–H and O–H groups in total. The van der Waals surface area contributed by atoms with Crippen LogP contribution in [0.2, 0.25) is 8.67 Å². The van der Waals surface area contributed by atoms with E-state index in [0.29, 0.717) is 19.8 Å².